The molecule has 1 amide bonds. The second-order valence-corrected chi connectivity index (χ2v) is 9.00. The molecular weight excluding hydrogens is 412 g/mol. The Bertz CT molecular complexity index is 1160. The zero-order valence-corrected chi connectivity index (χ0v) is 18.7. The van der Waals surface area contributed by atoms with Crippen LogP contribution in [0.25, 0.3) is 16.4 Å². The largest absolute Gasteiger partial charge is 0.325 e. The monoisotopic (exact) mass is 434 g/mol. The summed E-state index contributed by atoms with van der Waals surface area (Å²) in [4.78, 5) is 13.6. The fourth-order valence-corrected chi connectivity index (χ4v) is 4.49. The zero-order chi connectivity index (χ0) is 21.1. The molecule has 2 aromatic heterocycles. The van der Waals surface area contributed by atoms with E-state index in [1.54, 1.807) is 11.3 Å². The van der Waals surface area contributed by atoms with Crippen molar-refractivity contribution in [2.75, 3.05) is 11.1 Å². The molecule has 0 saturated heterocycles. The van der Waals surface area contributed by atoms with E-state index in [0.29, 0.717) is 5.16 Å². The summed E-state index contributed by atoms with van der Waals surface area (Å²) in [5.74, 6) is 0.970. The molecule has 152 valence electrons. The van der Waals surface area contributed by atoms with Gasteiger partial charge in [0.1, 0.15) is 0 Å². The lowest BCUT2D eigenvalue weighted by molar-refractivity contribution is -0.113. The molecule has 0 saturated carbocycles. The van der Waals surface area contributed by atoms with Crippen LogP contribution in [0.15, 0.2) is 65.1 Å². The molecule has 1 N–H and O–H groups in total. The molecule has 2 heterocycles. The van der Waals surface area contributed by atoms with Gasteiger partial charge in [-0.25, -0.2) is 0 Å². The molecule has 0 radical (unpaired) electrons. The van der Waals surface area contributed by atoms with Crippen LogP contribution in [0.2, 0.25) is 0 Å². The third kappa shape index (κ3) is 4.47. The molecule has 0 aliphatic rings. The standard InChI is InChI=1S/C23H22N4OS2/c1-15-7-10-18(11-8-15)27-22(20-5-4-12-29-20)25-26-23(27)30-14-21(28)24-19-13-16(2)6-9-17(19)3/h4-13H,14H2,1-3H3,(H,24,28). The minimum Gasteiger partial charge on any atom is -0.325 e. The van der Waals surface area contributed by atoms with Crippen LogP contribution in [-0.2, 0) is 4.79 Å². The van der Waals surface area contributed by atoms with Crippen molar-refractivity contribution in [3.05, 3.63) is 76.7 Å². The predicted octanol–water partition coefficient (Wildman–Crippen LogP) is 5.65. The Morgan fingerprint density at radius 2 is 1.80 bits per heavy atom. The number of aryl methyl sites for hydroxylation is 3. The number of rotatable bonds is 6. The number of carbonyl (C=O) groups is 1. The summed E-state index contributed by atoms with van der Waals surface area (Å²) in [5.41, 5.74) is 5.17. The van der Waals surface area contributed by atoms with Gasteiger partial charge in [0.05, 0.1) is 10.6 Å². The maximum atomic E-state index is 12.6. The summed E-state index contributed by atoms with van der Waals surface area (Å²) >= 11 is 3.00. The van der Waals surface area contributed by atoms with E-state index in [4.69, 9.17) is 0 Å². The van der Waals surface area contributed by atoms with E-state index in [2.05, 4.69) is 46.7 Å². The minimum atomic E-state index is -0.0650. The highest BCUT2D eigenvalue weighted by molar-refractivity contribution is 7.99. The Morgan fingerprint density at radius 3 is 2.53 bits per heavy atom. The highest BCUT2D eigenvalue weighted by Crippen LogP contribution is 2.30. The van der Waals surface area contributed by atoms with Gasteiger partial charge >= 0.3 is 0 Å². The number of thioether (sulfide) groups is 1. The third-order valence-electron chi connectivity index (χ3n) is 4.67. The van der Waals surface area contributed by atoms with Crippen LogP contribution in [0.5, 0.6) is 0 Å². The van der Waals surface area contributed by atoms with Crippen LogP contribution in [0, 0.1) is 20.8 Å². The molecule has 0 fully saturated rings. The average Bonchev–Trinajstić information content (AvgIpc) is 3.39. The van der Waals surface area contributed by atoms with Gasteiger partial charge in [-0.2, -0.15) is 0 Å². The van der Waals surface area contributed by atoms with Crippen LogP contribution >= 0.6 is 23.1 Å². The highest BCUT2D eigenvalue weighted by Gasteiger charge is 2.18. The van der Waals surface area contributed by atoms with E-state index in [1.807, 2.05) is 54.1 Å². The Kier molecular flexibility index (Phi) is 6.01. The van der Waals surface area contributed by atoms with Gasteiger partial charge in [-0.05, 0) is 61.5 Å². The number of amides is 1. The van der Waals surface area contributed by atoms with Crippen molar-refractivity contribution in [1.82, 2.24) is 14.8 Å². The van der Waals surface area contributed by atoms with Crippen molar-refractivity contribution in [3.8, 4) is 16.4 Å². The smallest absolute Gasteiger partial charge is 0.234 e. The van der Waals surface area contributed by atoms with Gasteiger partial charge in [-0.3, -0.25) is 9.36 Å². The fourth-order valence-electron chi connectivity index (χ4n) is 3.04. The third-order valence-corrected chi connectivity index (χ3v) is 6.46. The minimum absolute atomic E-state index is 0.0650. The number of aromatic nitrogens is 3. The number of carbonyl (C=O) groups excluding carboxylic acids is 1. The number of hydrogen-bond donors (Lipinski definition) is 1. The SMILES string of the molecule is Cc1ccc(-n2c(SCC(=O)Nc3cc(C)ccc3C)nnc2-c2cccs2)cc1. The van der Waals surface area contributed by atoms with Crippen LogP contribution in [0.3, 0.4) is 0 Å². The number of nitrogens with zero attached hydrogens (tertiary/aromatic N) is 3. The van der Waals surface area contributed by atoms with E-state index < -0.39 is 0 Å². The first-order chi connectivity index (χ1) is 14.5. The van der Waals surface area contributed by atoms with E-state index >= 15 is 0 Å². The van der Waals surface area contributed by atoms with Gasteiger partial charge in [0, 0.05) is 11.4 Å². The van der Waals surface area contributed by atoms with Crippen LogP contribution in [0.4, 0.5) is 5.69 Å². The lowest BCUT2D eigenvalue weighted by atomic mass is 10.1. The van der Waals surface area contributed by atoms with E-state index in [1.165, 1.54) is 17.3 Å². The molecule has 0 atom stereocenters. The average molecular weight is 435 g/mol. The van der Waals surface area contributed by atoms with E-state index in [0.717, 1.165) is 33.2 Å². The van der Waals surface area contributed by atoms with Gasteiger partial charge in [0.25, 0.3) is 0 Å². The molecular formula is C23H22N4OS2. The van der Waals surface area contributed by atoms with Crippen molar-refractivity contribution in [1.29, 1.82) is 0 Å². The van der Waals surface area contributed by atoms with Crippen molar-refractivity contribution < 1.29 is 4.79 Å². The van der Waals surface area contributed by atoms with Crippen LogP contribution < -0.4 is 5.32 Å². The molecule has 0 spiro atoms. The number of anilines is 1. The summed E-state index contributed by atoms with van der Waals surface area (Å²) < 4.78 is 2.02. The normalized spacial score (nSPS) is 10.9. The summed E-state index contributed by atoms with van der Waals surface area (Å²) in [6.45, 7) is 6.06. The molecule has 0 aliphatic heterocycles. The molecule has 30 heavy (non-hydrogen) atoms. The van der Waals surface area contributed by atoms with Gasteiger partial charge < -0.3 is 5.32 Å². The number of thiophene rings is 1. The number of nitrogens with one attached hydrogen (secondary N) is 1. The summed E-state index contributed by atoms with van der Waals surface area (Å²) in [6, 6.07) is 18.3. The Balaban J connectivity index is 1.57. The second-order valence-electron chi connectivity index (χ2n) is 7.11. The first-order valence-corrected chi connectivity index (χ1v) is 11.4. The molecule has 5 nitrogen and oxygen atoms in total. The second kappa shape index (κ2) is 8.85. The molecule has 7 heteroatoms. The topological polar surface area (TPSA) is 59.8 Å². The first kappa shape index (κ1) is 20.4. The van der Waals surface area contributed by atoms with Gasteiger partial charge in [0.2, 0.25) is 5.91 Å². The Hall–Kier alpha value is -2.90. The van der Waals surface area contributed by atoms with Crippen molar-refractivity contribution in [2.45, 2.75) is 25.9 Å². The van der Waals surface area contributed by atoms with Crippen LogP contribution in [-0.4, -0.2) is 26.4 Å². The number of hydrogen-bond acceptors (Lipinski definition) is 5. The maximum absolute atomic E-state index is 12.6. The van der Waals surface area contributed by atoms with Gasteiger partial charge in [-0.15, -0.1) is 21.5 Å². The van der Waals surface area contributed by atoms with Crippen molar-refractivity contribution in [3.63, 3.8) is 0 Å². The Morgan fingerprint density at radius 1 is 1.03 bits per heavy atom. The molecule has 4 aromatic rings. The quantitative estimate of drug-likeness (QED) is 0.398. The summed E-state index contributed by atoms with van der Waals surface area (Å²) in [5, 5.41) is 14.5. The molecule has 4 rings (SSSR count). The van der Waals surface area contributed by atoms with E-state index in [9.17, 15) is 4.79 Å². The predicted molar refractivity (Wildman–Crippen MR) is 125 cm³/mol. The lowest BCUT2D eigenvalue weighted by Crippen LogP contribution is -2.15. The first-order valence-electron chi connectivity index (χ1n) is 9.57. The van der Waals surface area contributed by atoms with Gasteiger partial charge in [0.15, 0.2) is 11.0 Å². The fraction of sp³-hybridized carbons (Fsp3) is 0.174. The maximum Gasteiger partial charge on any atom is 0.234 e. The molecule has 2 aromatic carbocycles. The summed E-state index contributed by atoms with van der Waals surface area (Å²) in [7, 11) is 0. The van der Waals surface area contributed by atoms with E-state index in [-0.39, 0.29) is 11.7 Å². The molecule has 0 bridgehead atoms. The molecule has 0 aliphatic carbocycles. The van der Waals surface area contributed by atoms with Crippen molar-refractivity contribution in [2.24, 2.45) is 0 Å². The Labute approximate surface area is 184 Å². The highest BCUT2D eigenvalue weighted by atomic mass is 32.2. The van der Waals surface area contributed by atoms with Crippen LogP contribution in [0.1, 0.15) is 16.7 Å². The lowest BCUT2D eigenvalue weighted by Gasteiger charge is -2.11. The van der Waals surface area contributed by atoms with Gasteiger partial charge in [-0.1, -0.05) is 47.7 Å². The number of benzene rings is 2. The summed E-state index contributed by atoms with van der Waals surface area (Å²) in [6.07, 6.45) is 0. The van der Waals surface area contributed by atoms with Crippen molar-refractivity contribution >= 4 is 34.7 Å². The molecule has 0 unspecified atom stereocenters. The zero-order valence-electron chi connectivity index (χ0n) is 17.0.